The highest BCUT2D eigenvalue weighted by molar-refractivity contribution is 7.98. The number of halogens is 1. The molecule has 2 heterocycles. The zero-order valence-electron chi connectivity index (χ0n) is 14.1. The van der Waals surface area contributed by atoms with Crippen molar-refractivity contribution in [3.8, 4) is 28.7 Å². The smallest absolute Gasteiger partial charge is 0.277 e. The summed E-state index contributed by atoms with van der Waals surface area (Å²) in [5.41, 5.74) is 1.48. The van der Waals surface area contributed by atoms with E-state index >= 15 is 0 Å². The number of aromatic nitrogens is 4. The van der Waals surface area contributed by atoms with Crippen molar-refractivity contribution in [2.45, 2.75) is 11.0 Å². The van der Waals surface area contributed by atoms with Crippen molar-refractivity contribution in [1.82, 2.24) is 20.4 Å². The van der Waals surface area contributed by atoms with E-state index in [9.17, 15) is 0 Å². The lowest BCUT2D eigenvalue weighted by atomic mass is 10.2. The summed E-state index contributed by atoms with van der Waals surface area (Å²) < 4.78 is 16.5. The standard InChI is InChI=1S/C18H13ClN4O3S/c1-24-12-6-4-5-11(9-12)16-21-20-15(25-16)10-27-18-23-22-17(26-18)13-7-2-3-8-14(13)19/h2-9H,10H2,1H3. The third-order valence-electron chi connectivity index (χ3n) is 3.61. The van der Waals surface area contributed by atoms with Gasteiger partial charge in [0, 0.05) is 5.56 Å². The van der Waals surface area contributed by atoms with Gasteiger partial charge in [-0.05, 0) is 30.3 Å². The lowest BCUT2D eigenvalue weighted by molar-refractivity contribution is 0.414. The summed E-state index contributed by atoms with van der Waals surface area (Å²) in [6.07, 6.45) is 0. The summed E-state index contributed by atoms with van der Waals surface area (Å²) in [5.74, 6) is 2.37. The van der Waals surface area contributed by atoms with Crippen LogP contribution in [0.5, 0.6) is 5.75 Å². The van der Waals surface area contributed by atoms with E-state index in [0.29, 0.717) is 39.2 Å². The van der Waals surface area contributed by atoms with Gasteiger partial charge in [-0.25, -0.2) is 0 Å². The molecule has 0 amide bonds. The van der Waals surface area contributed by atoms with Crippen molar-refractivity contribution in [2.75, 3.05) is 7.11 Å². The molecular formula is C18H13ClN4O3S. The number of thioether (sulfide) groups is 1. The minimum atomic E-state index is 0.366. The van der Waals surface area contributed by atoms with E-state index in [1.165, 1.54) is 11.8 Å². The molecular weight excluding hydrogens is 388 g/mol. The van der Waals surface area contributed by atoms with Crippen LogP contribution in [0.25, 0.3) is 22.9 Å². The Kier molecular flexibility index (Phi) is 5.08. The number of nitrogens with zero attached hydrogens (tertiary/aromatic N) is 4. The first-order valence-corrected chi connectivity index (χ1v) is 9.27. The number of hydrogen-bond acceptors (Lipinski definition) is 8. The average Bonchev–Trinajstić information content (AvgIpc) is 3.36. The number of hydrogen-bond donors (Lipinski definition) is 0. The summed E-state index contributed by atoms with van der Waals surface area (Å²) in [6.45, 7) is 0. The Hall–Kier alpha value is -2.84. The highest BCUT2D eigenvalue weighted by atomic mass is 35.5. The van der Waals surface area contributed by atoms with E-state index in [4.69, 9.17) is 25.2 Å². The molecule has 2 aromatic heterocycles. The van der Waals surface area contributed by atoms with Crippen LogP contribution in [-0.2, 0) is 5.75 Å². The van der Waals surface area contributed by atoms with E-state index in [0.717, 1.165) is 11.3 Å². The molecule has 0 bridgehead atoms. The van der Waals surface area contributed by atoms with Crippen LogP contribution < -0.4 is 4.74 Å². The maximum absolute atomic E-state index is 6.15. The minimum absolute atomic E-state index is 0.366. The topological polar surface area (TPSA) is 87.1 Å². The van der Waals surface area contributed by atoms with Crippen LogP contribution in [0.15, 0.2) is 62.6 Å². The second-order valence-corrected chi connectivity index (χ2v) is 6.71. The summed E-state index contributed by atoms with van der Waals surface area (Å²) >= 11 is 7.45. The predicted octanol–water partition coefficient (Wildman–Crippen LogP) is 4.74. The van der Waals surface area contributed by atoms with Crippen LogP contribution in [0.3, 0.4) is 0 Å². The lowest BCUT2D eigenvalue weighted by Crippen LogP contribution is -1.83. The molecule has 9 heteroatoms. The van der Waals surface area contributed by atoms with Gasteiger partial charge >= 0.3 is 0 Å². The monoisotopic (exact) mass is 400 g/mol. The van der Waals surface area contributed by atoms with Crippen LogP contribution in [-0.4, -0.2) is 27.5 Å². The molecule has 0 aliphatic rings. The molecule has 0 spiro atoms. The van der Waals surface area contributed by atoms with Crippen LogP contribution in [0.1, 0.15) is 5.89 Å². The fraction of sp³-hybridized carbons (Fsp3) is 0.111. The molecule has 0 saturated carbocycles. The maximum atomic E-state index is 6.15. The summed E-state index contributed by atoms with van der Waals surface area (Å²) in [7, 11) is 1.61. The van der Waals surface area contributed by atoms with Gasteiger partial charge in [0.05, 0.1) is 23.4 Å². The minimum Gasteiger partial charge on any atom is -0.497 e. The van der Waals surface area contributed by atoms with Crippen molar-refractivity contribution in [3.63, 3.8) is 0 Å². The first kappa shape index (κ1) is 17.6. The fourth-order valence-corrected chi connectivity index (χ4v) is 3.14. The van der Waals surface area contributed by atoms with Crippen molar-refractivity contribution in [3.05, 3.63) is 59.4 Å². The molecule has 7 nitrogen and oxygen atoms in total. The van der Waals surface area contributed by atoms with E-state index in [2.05, 4.69) is 20.4 Å². The maximum Gasteiger partial charge on any atom is 0.277 e. The van der Waals surface area contributed by atoms with Crippen molar-refractivity contribution in [2.24, 2.45) is 0 Å². The Labute approximate surface area is 163 Å². The zero-order chi connectivity index (χ0) is 18.6. The first-order chi connectivity index (χ1) is 13.2. The Morgan fingerprint density at radius 3 is 2.67 bits per heavy atom. The van der Waals surface area contributed by atoms with E-state index in [-0.39, 0.29) is 0 Å². The highest BCUT2D eigenvalue weighted by Gasteiger charge is 2.14. The Bertz CT molecular complexity index is 1070. The van der Waals surface area contributed by atoms with Crippen molar-refractivity contribution in [1.29, 1.82) is 0 Å². The largest absolute Gasteiger partial charge is 0.497 e. The molecule has 136 valence electrons. The molecule has 2 aromatic carbocycles. The summed E-state index contributed by atoms with van der Waals surface area (Å²) in [4.78, 5) is 0. The van der Waals surface area contributed by atoms with Gasteiger partial charge in [-0.15, -0.1) is 20.4 Å². The highest BCUT2D eigenvalue weighted by Crippen LogP contribution is 2.30. The van der Waals surface area contributed by atoms with Gasteiger partial charge in [0.1, 0.15) is 5.75 Å². The summed E-state index contributed by atoms with van der Waals surface area (Å²) in [6, 6.07) is 14.7. The third kappa shape index (κ3) is 3.96. The van der Waals surface area contributed by atoms with Gasteiger partial charge in [0.2, 0.25) is 17.7 Å². The van der Waals surface area contributed by atoms with Gasteiger partial charge in [-0.2, -0.15) is 0 Å². The van der Waals surface area contributed by atoms with Crippen LogP contribution >= 0.6 is 23.4 Å². The molecule has 0 unspecified atom stereocenters. The summed E-state index contributed by atoms with van der Waals surface area (Å²) in [5, 5.41) is 17.1. The molecule has 0 atom stereocenters. The van der Waals surface area contributed by atoms with Crippen LogP contribution in [0.2, 0.25) is 5.02 Å². The van der Waals surface area contributed by atoms with E-state index < -0.39 is 0 Å². The first-order valence-electron chi connectivity index (χ1n) is 7.91. The number of rotatable bonds is 6. The second kappa shape index (κ2) is 7.81. The molecule has 0 aliphatic carbocycles. The molecule has 0 N–H and O–H groups in total. The normalized spacial score (nSPS) is 10.9. The van der Waals surface area contributed by atoms with Gasteiger partial charge in [0.25, 0.3) is 5.22 Å². The molecule has 0 aliphatic heterocycles. The molecule has 0 fully saturated rings. The van der Waals surface area contributed by atoms with Crippen LogP contribution in [0, 0.1) is 0 Å². The number of ether oxygens (including phenoxy) is 1. The van der Waals surface area contributed by atoms with Crippen molar-refractivity contribution >= 4 is 23.4 Å². The molecule has 0 saturated heterocycles. The molecule has 4 rings (SSSR count). The van der Waals surface area contributed by atoms with Gasteiger partial charge < -0.3 is 13.6 Å². The van der Waals surface area contributed by atoms with Crippen molar-refractivity contribution < 1.29 is 13.6 Å². The van der Waals surface area contributed by atoms with Gasteiger partial charge in [0.15, 0.2) is 0 Å². The van der Waals surface area contributed by atoms with E-state index in [1.807, 2.05) is 42.5 Å². The van der Waals surface area contributed by atoms with E-state index in [1.54, 1.807) is 13.2 Å². The average molecular weight is 401 g/mol. The molecule has 27 heavy (non-hydrogen) atoms. The Morgan fingerprint density at radius 1 is 0.963 bits per heavy atom. The Morgan fingerprint density at radius 2 is 1.81 bits per heavy atom. The molecule has 0 radical (unpaired) electrons. The Balaban J connectivity index is 1.44. The molecule has 4 aromatic rings. The SMILES string of the molecule is COc1cccc(-c2nnc(CSc3nnc(-c4ccccc4Cl)o3)o2)c1. The fourth-order valence-electron chi connectivity index (χ4n) is 2.32. The van der Waals surface area contributed by atoms with Crippen LogP contribution in [0.4, 0.5) is 0 Å². The zero-order valence-corrected chi connectivity index (χ0v) is 15.7. The number of benzene rings is 2. The lowest BCUT2D eigenvalue weighted by Gasteiger charge is -2.00. The third-order valence-corrected chi connectivity index (χ3v) is 4.75. The quantitative estimate of drug-likeness (QED) is 0.429. The van der Waals surface area contributed by atoms with Gasteiger partial charge in [-0.1, -0.05) is 41.6 Å². The number of methoxy groups -OCH3 is 1. The second-order valence-electron chi connectivity index (χ2n) is 5.37. The predicted molar refractivity (Wildman–Crippen MR) is 101 cm³/mol. The van der Waals surface area contributed by atoms with Gasteiger partial charge in [-0.3, -0.25) is 0 Å².